The Kier molecular flexibility index (Phi) is 8.95. The van der Waals surface area contributed by atoms with Crippen LogP contribution in [0.15, 0.2) is 17.0 Å². The predicted molar refractivity (Wildman–Crippen MR) is 133 cm³/mol. The molecule has 1 aromatic carbocycles. The van der Waals surface area contributed by atoms with E-state index in [2.05, 4.69) is 24.1 Å². The highest BCUT2D eigenvalue weighted by Crippen LogP contribution is 2.26. The van der Waals surface area contributed by atoms with Gasteiger partial charge in [-0.25, -0.2) is 8.42 Å². The van der Waals surface area contributed by atoms with Gasteiger partial charge in [0.2, 0.25) is 15.9 Å². The van der Waals surface area contributed by atoms with Gasteiger partial charge in [-0.2, -0.15) is 4.31 Å². The van der Waals surface area contributed by atoms with E-state index in [1.807, 2.05) is 37.8 Å². The maximum absolute atomic E-state index is 13.8. The topological polar surface area (TPSA) is 73.0 Å². The molecule has 0 aliphatic carbocycles. The summed E-state index contributed by atoms with van der Waals surface area (Å²) in [6, 6.07) is 3.86. The fourth-order valence-corrected chi connectivity index (χ4v) is 7.42. The van der Waals surface area contributed by atoms with Gasteiger partial charge in [0.15, 0.2) is 0 Å². The summed E-state index contributed by atoms with van der Waals surface area (Å²) in [6.45, 7) is 16.5. The highest BCUT2D eigenvalue weighted by atomic mass is 32.2. The Labute approximate surface area is 200 Å². The third-order valence-corrected chi connectivity index (χ3v) is 9.06. The number of hydrogen-bond donors (Lipinski definition) is 1. The number of carbonyl (C=O) groups is 1. The van der Waals surface area contributed by atoms with Gasteiger partial charge in [-0.15, -0.1) is 0 Å². The molecule has 186 valence electrons. The zero-order valence-corrected chi connectivity index (χ0v) is 21.9. The van der Waals surface area contributed by atoms with E-state index in [1.54, 1.807) is 4.31 Å². The van der Waals surface area contributed by atoms with Gasteiger partial charge in [-0.3, -0.25) is 4.79 Å². The standard InChI is InChI=1S/C25H42N4O3S/c1-19-15-22(4)25(23(5)16-19)33(31,32)29(9-6-24(30)28-10-7-26-8-11-28)13-12-27-17-20(2)14-21(3)18-27/h15-16,20-21,26H,6-14,17-18H2,1-5H3/t20-,21-/m1/s1. The van der Waals surface area contributed by atoms with Gasteiger partial charge in [0.25, 0.3) is 0 Å². The summed E-state index contributed by atoms with van der Waals surface area (Å²) >= 11 is 0. The molecule has 0 unspecified atom stereocenters. The number of likely N-dealkylation sites (tertiary alicyclic amines) is 1. The summed E-state index contributed by atoms with van der Waals surface area (Å²) in [6.07, 6.45) is 1.44. The lowest BCUT2D eigenvalue weighted by Crippen LogP contribution is -2.48. The minimum absolute atomic E-state index is 0.0364. The number of sulfonamides is 1. The first-order valence-electron chi connectivity index (χ1n) is 12.4. The summed E-state index contributed by atoms with van der Waals surface area (Å²) in [4.78, 5) is 17.4. The van der Waals surface area contributed by atoms with Crippen LogP contribution in [0.5, 0.6) is 0 Å². The van der Waals surface area contributed by atoms with Crippen molar-refractivity contribution in [2.24, 2.45) is 11.8 Å². The Morgan fingerprint density at radius 2 is 1.61 bits per heavy atom. The predicted octanol–water partition coefficient (Wildman–Crippen LogP) is 2.40. The zero-order valence-electron chi connectivity index (χ0n) is 21.1. The number of benzene rings is 1. The minimum atomic E-state index is -3.71. The molecule has 1 N–H and O–H groups in total. The summed E-state index contributed by atoms with van der Waals surface area (Å²) in [5.41, 5.74) is 2.60. The Bertz CT molecular complexity index is 895. The van der Waals surface area contributed by atoms with Crippen LogP contribution in [-0.2, 0) is 14.8 Å². The van der Waals surface area contributed by atoms with Crippen LogP contribution in [0, 0.1) is 32.6 Å². The number of piperazine rings is 1. The lowest BCUT2D eigenvalue weighted by molar-refractivity contribution is -0.131. The maximum Gasteiger partial charge on any atom is 0.243 e. The van der Waals surface area contributed by atoms with Gasteiger partial charge in [0.05, 0.1) is 4.90 Å². The van der Waals surface area contributed by atoms with E-state index in [4.69, 9.17) is 0 Å². The zero-order chi connectivity index (χ0) is 24.2. The van der Waals surface area contributed by atoms with Gasteiger partial charge in [0.1, 0.15) is 0 Å². The smallest absolute Gasteiger partial charge is 0.243 e. The number of nitrogens with one attached hydrogen (secondary N) is 1. The third-order valence-electron chi connectivity index (χ3n) is 6.86. The quantitative estimate of drug-likeness (QED) is 0.621. The van der Waals surface area contributed by atoms with E-state index in [1.165, 1.54) is 6.42 Å². The summed E-state index contributed by atoms with van der Waals surface area (Å²) in [7, 11) is -3.71. The van der Waals surface area contributed by atoms with E-state index in [9.17, 15) is 13.2 Å². The van der Waals surface area contributed by atoms with Gasteiger partial charge >= 0.3 is 0 Å². The summed E-state index contributed by atoms with van der Waals surface area (Å²) in [5.74, 6) is 1.28. The molecule has 33 heavy (non-hydrogen) atoms. The minimum Gasteiger partial charge on any atom is -0.340 e. The van der Waals surface area contributed by atoms with Gasteiger partial charge in [-0.1, -0.05) is 31.5 Å². The van der Waals surface area contributed by atoms with Crippen LogP contribution in [0.25, 0.3) is 0 Å². The monoisotopic (exact) mass is 478 g/mol. The molecule has 2 heterocycles. The lowest BCUT2D eigenvalue weighted by atomic mass is 9.92. The van der Waals surface area contributed by atoms with E-state index in [0.29, 0.717) is 42.9 Å². The molecular formula is C25H42N4O3S. The maximum atomic E-state index is 13.8. The van der Waals surface area contributed by atoms with Crippen molar-refractivity contribution in [1.29, 1.82) is 0 Å². The number of amides is 1. The molecule has 7 nitrogen and oxygen atoms in total. The Balaban J connectivity index is 1.78. The molecule has 2 saturated heterocycles. The Morgan fingerprint density at radius 3 is 2.18 bits per heavy atom. The van der Waals surface area contributed by atoms with Crippen molar-refractivity contribution in [2.45, 2.75) is 52.4 Å². The fraction of sp³-hybridized carbons (Fsp3) is 0.720. The molecule has 0 aromatic heterocycles. The van der Waals surface area contributed by atoms with E-state index < -0.39 is 10.0 Å². The van der Waals surface area contributed by atoms with Gasteiger partial charge in [-0.05, 0) is 50.2 Å². The Morgan fingerprint density at radius 1 is 1.03 bits per heavy atom. The molecular weight excluding hydrogens is 436 g/mol. The average Bonchev–Trinajstić information content (AvgIpc) is 2.72. The van der Waals surface area contributed by atoms with E-state index in [0.717, 1.165) is 42.9 Å². The van der Waals surface area contributed by atoms with Crippen molar-refractivity contribution in [3.8, 4) is 0 Å². The number of hydrogen-bond acceptors (Lipinski definition) is 5. The van der Waals surface area contributed by atoms with Crippen LogP contribution in [0.3, 0.4) is 0 Å². The van der Waals surface area contributed by atoms with Crippen molar-refractivity contribution in [3.63, 3.8) is 0 Å². The van der Waals surface area contributed by atoms with Gasteiger partial charge in [0, 0.05) is 65.3 Å². The van der Waals surface area contributed by atoms with Crippen LogP contribution in [0.4, 0.5) is 0 Å². The van der Waals surface area contributed by atoms with Crippen molar-refractivity contribution in [1.82, 2.24) is 19.4 Å². The van der Waals surface area contributed by atoms with Crippen molar-refractivity contribution in [2.75, 3.05) is 58.9 Å². The second-order valence-corrected chi connectivity index (χ2v) is 12.1. The molecule has 3 rings (SSSR count). The first-order chi connectivity index (χ1) is 15.6. The van der Waals surface area contributed by atoms with Crippen LogP contribution in [-0.4, -0.2) is 87.3 Å². The number of carbonyl (C=O) groups excluding carboxylic acids is 1. The lowest BCUT2D eigenvalue weighted by Gasteiger charge is -2.36. The van der Waals surface area contributed by atoms with Crippen LogP contribution in [0.2, 0.25) is 0 Å². The first-order valence-corrected chi connectivity index (χ1v) is 13.8. The van der Waals surface area contributed by atoms with Gasteiger partial charge < -0.3 is 15.1 Å². The second kappa shape index (κ2) is 11.3. The fourth-order valence-electron chi connectivity index (χ4n) is 5.58. The average molecular weight is 479 g/mol. The normalized spacial score (nSPS) is 22.7. The molecule has 0 spiro atoms. The summed E-state index contributed by atoms with van der Waals surface area (Å²) < 4.78 is 29.3. The molecule has 1 amide bonds. The van der Waals surface area contributed by atoms with Crippen molar-refractivity contribution in [3.05, 3.63) is 28.8 Å². The van der Waals surface area contributed by atoms with Crippen LogP contribution in [0.1, 0.15) is 43.4 Å². The SMILES string of the molecule is Cc1cc(C)c(S(=O)(=O)N(CCC(=O)N2CCNCC2)CCN2C[C@H](C)C[C@@H](C)C2)c(C)c1. The number of aryl methyl sites for hydroxylation is 3. The highest BCUT2D eigenvalue weighted by molar-refractivity contribution is 7.89. The number of nitrogens with zero attached hydrogens (tertiary/aromatic N) is 3. The van der Waals surface area contributed by atoms with E-state index in [-0.39, 0.29) is 18.9 Å². The molecule has 0 saturated carbocycles. The molecule has 8 heteroatoms. The molecule has 0 radical (unpaired) electrons. The Hall–Kier alpha value is -1.48. The number of rotatable bonds is 8. The molecule has 2 atom stereocenters. The summed E-state index contributed by atoms with van der Waals surface area (Å²) in [5, 5.41) is 3.26. The largest absolute Gasteiger partial charge is 0.340 e. The van der Waals surface area contributed by atoms with Crippen LogP contribution < -0.4 is 5.32 Å². The molecule has 0 bridgehead atoms. The molecule has 2 aliphatic rings. The second-order valence-electron chi connectivity index (χ2n) is 10.2. The molecule has 2 aliphatic heterocycles. The van der Waals surface area contributed by atoms with E-state index >= 15 is 0 Å². The number of piperidine rings is 1. The molecule has 2 fully saturated rings. The first kappa shape index (κ1) is 26.1. The van der Waals surface area contributed by atoms with Crippen molar-refractivity contribution < 1.29 is 13.2 Å². The van der Waals surface area contributed by atoms with Crippen LogP contribution >= 0.6 is 0 Å². The molecule has 1 aromatic rings. The van der Waals surface area contributed by atoms with Crippen molar-refractivity contribution >= 4 is 15.9 Å². The third kappa shape index (κ3) is 6.78. The highest BCUT2D eigenvalue weighted by Gasteiger charge is 2.30.